The van der Waals surface area contributed by atoms with Gasteiger partial charge in [-0.25, -0.2) is 0 Å². The van der Waals surface area contributed by atoms with Gasteiger partial charge >= 0.3 is 37.1 Å². The summed E-state index contributed by atoms with van der Waals surface area (Å²) in [4.78, 5) is 5.35. The molecule has 2 radical (unpaired) electrons. The van der Waals surface area contributed by atoms with Crippen molar-refractivity contribution in [3.8, 4) is 0 Å². The van der Waals surface area contributed by atoms with Crippen molar-refractivity contribution in [3.63, 3.8) is 0 Å². The van der Waals surface area contributed by atoms with Crippen LogP contribution in [0.4, 0.5) is 0 Å². The van der Waals surface area contributed by atoms with Gasteiger partial charge < -0.3 is 28.7 Å². The molecule has 1 saturated heterocycles. The van der Waals surface area contributed by atoms with Crippen LogP contribution in [0.25, 0.3) is 0 Å². The Morgan fingerprint density at radius 2 is 1.17 bits per heavy atom. The molecule has 4 heteroatoms. The maximum atomic E-state index is 4.05. The van der Waals surface area contributed by atoms with Gasteiger partial charge in [0, 0.05) is 25.2 Å². The minimum absolute atomic E-state index is 0. The van der Waals surface area contributed by atoms with Crippen molar-refractivity contribution in [3.05, 3.63) is 64.1 Å². The molecule has 132 valence electrons. The smallest absolute Gasteiger partial charge is 0.358 e. The summed E-state index contributed by atoms with van der Waals surface area (Å²) >= 11 is 0. The summed E-state index contributed by atoms with van der Waals surface area (Å²) in [5, 5.41) is 0. The molecule has 1 aromatic carbocycles. The van der Waals surface area contributed by atoms with Crippen LogP contribution in [0.5, 0.6) is 0 Å². The predicted octanol–water partition coefficient (Wildman–Crippen LogP) is 3.48. The quantitative estimate of drug-likeness (QED) is 0.712. The molecule has 0 spiro atoms. The molecule has 3 aliphatic rings. The first-order valence-corrected chi connectivity index (χ1v) is 7.95. The fraction of sp³-hybridized carbons (Fsp3) is 0.500. The molecular weight excluding hydrogens is 370 g/mol. The van der Waals surface area contributed by atoms with Crippen molar-refractivity contribution in [1.29, 1.82) is 0 Å². The van der Waals surface area contributed by atoms with Crippen molar-refractivity contribution in [2.45, 2.75) is 37.8 Å². The van der Waals surface area contributed by atoms with E-state index in [1.807, 2.05) is 0 Å². The third-order valence-corrected chi connectivity index (χ3v) is 4.84. The van der Waals surface area contributed by atoms with Crippen LogP contribution in [0.3, 0.4) is 0 Å². The summed E-state index contributed by atoms with van der Waals surface area (Å²) in [5.41, 5.74) is 3.12. The number of benzene rings is 1. The maximum Gasteiger partial charge on any atom is 2.00 e. The summed E-state index contributed by atoms with van der Waals surface area (Å²) in [5.74, 6) is 0. The Labute approximate surface area is 174 Å². The summed E-state index contributed by atoms with van der Waals surface area (Å²) < 4.78 is 0. The van der Waals surface area contributed by atoms with Crippen LogP contribution in [0.15, 0.2) is 24.3 Å². The van der Waals surface area contributed by atoms with Gasteiger partial charge in [0.05, 0.1) is 0 Å². The number of hydrogen-bond acceptors (Lipinski definition) is 2. The van der Waals surface area contributed by atoms with E-state index in [1.165, 1.54) is 25.9 Å². The van der Waals surface area contributed by atoms with Crippen molar-refractivity contribution in [1.82, 2.24) is 9.80 Å². The maximum absolute atomic E-state index is 4.05. The van der Waals surface area contributed by atoms with Crippen LogP contribution >= 0.6 is 0 Å². The van der Waals surface area contributed by atoms with Crippen molar-refractivity contribution in [2.75, 3.05) is 26.2 Å². The average Bonchev–Trinajstić information content (AvgIpc) is 2.42. The summed E-state index contributed by atoms with van der Waals surface area (Å²) in [6, 6.07) is 10.3. The SMILES string of the molecule is [CH2-]CCN1CC2Cc3ccccc3CC1CN2CC[CH2-].[CH3-].[CH3-].[V+2].[V+2]. The standard InChI is InChI=1S/C18H26N2.2CH3.2V/c1-3-9-19-13-18-12-16-8-6-5-7-15(16)11-17(19)14-20(18)10-4-2;;;;/h5-8,17-18H,1-4,9-14H2;2*1H3;;/q-2;2*-1;2*+2. The Kier molecular flexibility index (Phi) is 14.0. The second kappa shape index (κ2) is 12.6. The van der Waals surface area contributed by atoms with E-state index in [0.29, 0.717) is 12.1 Å². The molecule has 2 unspecified atom stereocenters. The Balaban J connectivity index is 0. The van der Waals surface area contributed by atoms with Crippen LogP contribution in [0.1, 0.15) is 24.0 Å². The predicted molar refractivity (Wildman–Crippen MR) is 97.3 cm³/mol. The number of rotatable bonds is 4. The van der Waals surface area contributed by atoms with Gasteiger partial charge in [0.1, 0.15) is 0 Å². The molecule has 0 aliphatic carbocycles. The van der Waals surface area contributed by atoms with Gasteiger partial charge in [-0.3, -0.25) is 9.80 Å². The van der Waals surface area contributed by atoms with E-state index in [0.717, 1.165) is 25.9 Å². The Morgan fingerprint density at radius 1 is 0.792 bits per heavy atom. The molecule has 3 heterocycles. The monoisotopic (exact) mass is 402 g/mol. The van der Waals surface area contributed by atoms with E-state index in [4.69, 9.17) is 0 Å². The zero-order valence-corrected chi connectivity index (χ0v) is 18.1. The fourth-order valence-corrected chi connectivity index (χ4v) is 3.88. The van der Waals surface area contributed by atoms with E-state index in [-0.39, 0.29) is 52.0 Å². The largest absolute Gasteiger partial charge is 2.00 e. The molecule has 2 bridgehead atoms. The van der Waals surface area contributed by atoms with E-state index in [9.17, 15) is 0 Å². The molecular formula is C20H32N2V2. The molecule has 0 N–H and O–H groups in total. The van der Waals surface area contributed by atoms with Gasteiger partial charge in [0.2, 0.25) is 0 Å². The van der Waals surface area contributed by atoms with E-state index in [2.05, 4.69) is 47.9 Å². The van der Waals surface area contributed by atoms with E-state index >= 15 is 0 Å². The molecule has 0 amide bonds. The van der Waals surface area contributed by atoms with E-state index < -0.39 is 0 Å². The Morgan fingerprint density at radius 3 is 1.50 bits per heavy atom. The third kappa shape index (κ3) is 5.94. The van der Waals surface area contributed by atoms with Gasteiger partial charge in [-0.15, -0.1) is 0 Å². The van der Waals surface area contributed by atoms with Crippen LogP contribution in [0, 0.1) is 28.7 Å². The van der Waals surface area contributed by atoms with E-state index in [1.54, 1.807) is 11.1 Å². The first kappa shape index (κ1) is 26.5. The second-order valence-corrected chi connectivity index (χ2v) is 6.18. The van der Waals surface area contributed by atoms with Gasteiger partial charge in [0.25, 0.3) is 0 Å². The molecule has 2 atom stereocenters. The summed E-state index contributed by atoms with van der Waals surface area (Å²) in [6.07, 6.45) is 4.41. The summed E-state index contributed by atoms with van der Waals surface area (Å²) in [7, 11) is 0. The molecule has 1 fully saturated rings. The summed E-state index contributed by atoms with van der Waals surface area (Å²) in [6.45, 7) is 12.8. The Bertz CT molecular complexity index is 412. The molecule has 2 nitrogen and oxygen atoms in total. The average molecular weight is 402 g/mol. The van der Waals surface area contributed by atoms with Crippen LogP contribution in [-0.4, -0.2) is 48.1 Å². The molecule has 0 saturated carbocycles. The van der Waals surface area contributed by atoms with Gasteiger partial charge in [0.15, 0.2) is 0 Å². The Hall–Kier alpha value is 0.309. The molecule has 24 heavy (non-hydrogen) atoms. The molecule has 1 aromatic rings. The van der Waals surface area contributed by atoms with Gasteiger partial charge in [-0.2, -0.15) is 12.8 Å². The first-order valence-electron chi connectivity index (χ1n) is 7.95. The minimum Gasteiger partial charge on any atom is -0.358 e. The normalized spacial score (nSPS) is 22.6. The van der Waals surface area contributed by atoms with Crippen molar-refractivity contribution >= 4 is 0 Å². The van der Waals surface area contributed by atoms with Crippen molar-refractivity contribution < 1.29 is 37.1 Å². The van der Waals surface area contributed by atoms with Crippen molar-refractivity contribution in [2.24, 2.45) is 0 Å². The van der Waals surface area contributed by atoms with Gasteiger partial charge in [-0.05, 0) is 37.1 Å². The fourth-order valence-electron chi connectivity index (χ4n) is 3.88. The number of fused-ring (bicyclic) bond motifs is 2. The number of piperazine rings is 1. The van der Waals surface area contributed by atoms with Crippen LogP contribution in [0.2, 0.25) is 0 Å². The first-order chi connectivity index (χ1) is 9.81. The topological polar surface area (TPSA) is 6.48 Å². The van der Waals surface area contributed by atoms with Crippen LogP contribution in [-0.2, 0) is 50.0 Å². The molecule has 0 aromatic heterocycles. The van der Waals surface area contributed by atoms with Crippen LogP contribution < -0.4 is 0 Å². The zero-order chi connectivity index (χ0) is 13.9. The zero-order valence-electron chi connectivity index (χ0n) is 15.3. The molecule has 4 rings (SSSR count). The third-order valence-electron chi connectivity index (χ3n) is 4.84. The van der Waals surface area contributed by atoms with Gasteiger partial charge in [-0.1, -0.05) is 24.3 Å². The molecule has 3 aliphatic heterocycles. The number of hydrogen-bond donors (Lipinski definition) is 0. The second-order valence-electron chi connectivity index (χ2n) is 6.18. The minimum atomic E-state index is 0. The number of nitrogens with zero attached hydrogens (tertiary/aromatic N) is 2.